The maximum atomic E-state index is 4.67. The Morgan fingerprint density at radius 2 is 1.68 bits per heavy atom. The Labute approximate surface area is 154 Å². The van der Waals surface area contributed by atoms with Gasteiger partial charge in [-0.25, -0.2) is 0 Å². The fourth-order valence-electron chi connectivity index (χ4n) is 3.38. The summed E-state index contributed by atoms with van der Waals surface area (Å²) >= 11 is 1.66. The van der Waals surface area contributed by atoms with Crippen molar-refractivity contribution in [3.8, 4) is 0 Å². The molecule has 0 saturated heterocycles. The summed E-state index contributed by atoms with van der Waals surface area (Å²) in [7, 11) is 0. The zero-order valence-corrected chi connectivity index (χ0v) is 15.5. The van der Waals surface area contributed by atoms with Crippen molar-refractivity contribution in [3.63, 3.8) is 0 Å². The smallest absolute Gasteiger partial charge is 0.148 e. The van der Waals surface area contributed by atoms with Crippen LogP contribution >= 0.6 is 11.9 Å². The Bertz CT molecular complexity index is 845. The van der Waals surface area contributed by atoms with E-state index < -0.39 is 0 Å². The maximum Gasteiger partial charge on any atom is 0.148 e. The molecule has 0 amide bonds. The van der Waals surface area contributed by atoms with Crippen LogP contribution in [0, 0.1) is 0 Å². The number of hydrogen-bond acceptors (Lipinski definition) is 3. The van der Waals surface area contributed by atoms with E-state index in [2.05, 4.69) is 96.1 Å². The van der Waals surface area contributed by atoms with Crippen molar-refractivity contribution in [2.24, 2.45) is 4.40 Å². The lowest BCUT2D eigenvalue weighted by Gasteiger charge is -2.30. The van der Waals surface area contributed by atoms with Crippen LogP contribution in [-0.2, 0) is 5.41 Å². The summed E-state index contributed by atoms with van der Waals surface area (Å²) in [6.07, 6.45) is 6.40. The molecule has 2 aromatic carbocycles. The van der Waals surface area contributed by atoms with E-state index in [9.17, 15) is 0 Å². The minimum Gasteiger partial charge on any atom is -0.331 e. The molecule has 3 heteroatoms. The monoisotopic (exact) mass is 346 g/mol. The third-order valence-electron chi connectivity index (χ3n) is 5.03. The molecule has 25 heavy (non-hydrogen) atoms. The third kappa shape index (κ3) is 3.05. The van der Waals surface area contributed by atoms with Gasteiger partial charge in [-0.3, -0.25) is 0 Å². The molecule has 2 aliphatic heterocycles. The van der Waals surface area contributed by atoms with Gasteiger partial charge in [0.25, 0.3) is 0 Å². The van der Waals surface area contributed by atoms with Gasteiger partial charge in [-0.15, -0.1) is 0 Å². The van der Waals surface area contributed by atoms with Crippen LogP contribution in [0.3, 0.4) is 0 Å². The second-order valence-corrected chi connectivity index (χ2v) is 7.78. The molecule has 0 saturated carbocycles. The van der Waals surface area contributed by atoms with Gasteiger partial charge in [-0.2, -0.15) is 4.40 Å². The first kappa shape index (κ1) is 16.2. The number of amidine groups is 1. The molecule has 0 bridgehead atoms. The number of benzene rings is 2. The van der Waals surface area contributed by atoms with Gasteiger partial charge in [0, 0.05) is 29.5 Å². The lowest BCUT2D eigenvalue weighted by Crippen LogP contribution is -2.32. The van der Waals surface area contributed by atoms with E-state index in [0.717, 1.165) is 18.1 Å². The van der Waals surface area contributed by atoms with Crippen molar-refractivity contribution in [1.29, 1.82) is 0 Å². The molecule has 2 nitrogen and oxygen atoms in total. The summed E-state index contributed by atoms with van der Waals surface area (Å²) in [4.78, 5) is 2.24. The van der Waals surface area contributed by atoms with E-state index in [1.165, 1.54) is 22.3 Å². The molecule has 0 spiro atoms. The Balaban J connectivity index is 1.66. The van der Waals surface area contributed by atoms with Crippen LogP contribution in [0.25, 0.3) is 5.57 Å². The van der Waals surface area contributed by atoms with Crippen LogP contribution in [0.15, 0.2) is 77.3 Å². The average Bonchev–Trinajstić information content (AvgIpc) is 2.68. The SMILES string of the molecule is CC(C)(c1ccccc1)c1ccc(C2=CC=CN3CCSN=C23)cc1. The molecule has 126 valence electrons. The van der Waals surface area contributed by atoms with E-state index in [0.29, 0.717) is 0 Å². The Kier molecular flexibility index (Phi) is 4.26. The normalized spacial score (nSPS) is 17.0. The van der Waals surface area contributed by atoms with Gasteiger partial charge in [0.1, 0.15) is 5.84 Å². The molecular weight excluding hydrogens is 324 g/mol. The maximum absolute atomic E-state index is 4.67. The molecule has 0 aliphatic carbocycles. The standard InChI is InChI=1S/C22H22N2S/c1-22(2,18-7-4-3-5-8-18)19-12-10-17(11-13-19)20-9-6-14-24-15-16-25-23-21(20)24/h3-14H,15-16H2,1-2H3. The lowest BCUT2D eigenvalue weighted by atomic mass is 9.78. The molecule has 0 aromatic heterocycles. The zero-order chi connectivity index (χ0) is 17.3. The molecule has 0 unspecified atom stereocenters. The number of fused-ring (bicyclic) bond motifs is 1. The highest BCUT2D eigenvalue weighted by molar-refractivity contribution is 7.98. The van der Waals surface area contributed by atoms with Gasteiger partial charge in [0.15, 0.2) is 0 Å². The fourth-order valence-corrected chi connectivity index (χ4v) is 4.08. The summed E-state index contributed by atoms with van der Waals surface area (Å²) in [5, 5.41) is 0. The van der Waals surface area contributed by atoms with Crippen LogP contribution in [0.4, 0.5) is 0 Å². The van der Waals surface area contributed by atoms with E-state index in [1.54, 1.807) is 11.9 Å². The first-order valence-corrected chi connectivity index (χ1v) is 9.62. The molecule has 4 rings (SSSR count). The highest BCUT2D eigenvalue weighted by atomic mass is 32.2. The Morgan fingerprint density at radius 3 is 2.44 bits per heavy atom. The molecule has 0 N–H and O–H groups in total. The largest absolute Gasteiger partial charge is 0.331 e. The minimum atomic E-state index is -0.00905. The summed E-state index contributed by atoms with van der Waals surface area (Å²) in [5.41, 5.74) is 5.08. The van der Waals surface area contributed by atoms with Crippen LogP contribution < -0.4 is 0 Å². The molecule has 2 heterocycles. The van der Waals surface area contributed by atoms with E-state index >= 15 is 0 Å². The average molecular weight is 346 g/mol. The Morgan fingerprint density at radius 1 is 0.960 bits per heavy atom. The van der Waals surface area contributed by atoms with Crippen molar-refractivity contribution in [2.75, 3.05) is 12.3 Å². The van der Waals surface area contributed by atoms with Gasteiger partial charge in [0.2, 0.25) is 0 Å². The summed E-state index contributed by atoms with van der Waals surface area (Å²) in [6.45, 7) is 5.59. The van der Waals surface area contributed by atoms with Gasteiger partial charge < -0.3 is 4.90 Å². The van der Waals surface area contributed by atoms with Crippen molar-refractivity contribution in [3.05, 3.63) is 89.6 Å². The second kappa shape index (κ2) is 6.57. The first-order chi connectivity index (χ1) is 12.2. The first-order valence-electron chi connectivity index (χ1n) is 8.68. The van der Waals surface area contributed by atoms with E-state index in [-0.39, 0.29) is 5.41 Å². The summed E-state index contributed by atoms with van der Waals surface area (Å²) in [5.74, 6) is 2.12. The minimum absolute atomic E-state index is 0.00905. The number of nitrogens with zero attached hydrogens (tertiary/aromatic N) is 2. The Hall–Kier alpha value is -2.26. The van der Waals surface area contributed by atoms with Crippen molar-refractivity contribution >= 4 is 23.4 Å². The molecule has 0 atom stereocenters. The lowest BCUT2D eigenvalue weighted by molar-refractivity contribution is 0.594. The van der Waals surface area contributed by atoms with Gasteiger partial charge in [-0.05, 0) is 40.8 Å². The predicted molar refractivity (Wildman–Crippen MR) is 109 cm³/mol. The van der Waals surface area contributed by atoms with Gasteiger partial charge >= 0.3 is 0 Å². The number of allylic oxidation sites excluding steroid dienone is 2. The highest BCUT2D eigenvalue weighted by Crippen LogP contribution is 2.33. The highest BCUT2D eigenvalue weighted by Gasteiger charge is 2.24. The van der Waals surface area contributed by atoms with Crippen molar-refractivity contribution in [2.45, 2.75) is 19.3 Å². The van der Waals surface area contributed by atoms with E-state index in [4.69, 9.17) is 0 Å². The fraction of sp³-hybridized carbons (Fsp3) is 0.227. The molecule has 2 aliphatic rings. The molecule has 2 aromatic rings. The summed E-state index contributed by atoms with van der Waals surface area (Å²) in [6, 6.07) is 19.7. The molecule has 0 radical (unpaired) electrons. The quantitative estimate of drug-likeness (QED) is 0.702. The van der Waals surface area contributed by atoms with Crippen molar-refractivity contribution in [1.82, 2.24) is 4.90 Å². The third-order valence-corrected chi connectivity index (χ3v) is 5.70. The van der Waals surface area contributed by atoms with E-state index in [1.807, 2.05) is 0 Å². The molecule has 0 fully saturated rings. The zero-order valence-electron chi connectivity index (χ0n) is 14.6. The van der Waals surface area contributed by atoms with Crippen LogP contribution in [0.2, 0.25) is 0 Å². The van der Waals surface area contributed by atoms with Crippen LogP contribution in [0.1, 0.15) is 30.5 Å². The van der Waals surface area contributed by atoms with Crippen molar-refractivity contribution < 1.29 is 0 Å². The second-order valence-electron chi connectivity index (χ2n) is 6.93. The topological polar surface area (TPSA) is 15.6 Å². The summed E-state index contributed by atoms with van der Waals surface area (Å²) < 4.78 is 4.67. The van der Waals surface area contributed by atoms with Gasteiger partial charge in [0.05, 0.1) is 0 Å². The predicted octanol–water partition coefficient (Wildman–Crippen LogP) is 5.29. The molecular formula is C22H22N2S. The number of hydrogen-bond donors (Lipinski definition) is 0. The van der Waals surface area contributed by atoms with Crippen LogP contribution in [-0.4, -0.2) is 23.0 Å². The van der Waals surface area contributed by atoms with Crippen LogP contribution in [0.5, 0.6) is 0 Å². The number of rotatable bonds is 3. The van der Waals surface area contributed by atoms with Gasteiger partial charge in [-0.1, -0.05) is 68.4 Å².